The number of carbonyl (C=O) groups excluding carboxylic acids is 2. The molecule has 5 nitrogen and oxygen atoms in total. The van der Waals surface area contributed by atoms with E-state index in [2.05, 4.69) is 5.32 Å². The predicted octanol–water partition coefficient (Wildman–Crippen LogP) is 2.82. The van der Waals surface area contributed by atoms with Crippen LogP contribution in [0.5, 0.6) is 0 Å². The van der Waals surface area contributed by atoms with Gasteiger partial charge in [-0.15, -0.1) is 0 Å². The highest BCUT2D eigenvalue weighted by Crippen LogP contribution is 2.32. The average Bonchev–Trinajstić information content (AvgIpc) is 3.07. The van der Waals surface area contributed by atoms with Gasteiger partial charge in [0.25, 0.3) is 5.91 Å². The van der Waals surface area contributed by atoms with E-state index in [0.717, 1.165) is 0 Å². The van der Waals surface area contributed by atoms with Crippen molar-refractivity contribution in [2.75, 3.05) is 6.54 Å². The Hall–Kier alpha value is -2.77. The van der Waals surface area contributed by atoms with Gasteiger partial charge >= 0.3 is 6.18 Å². The van der Waals surface area contributed by atoms with Gasteiger partial charge in [0.05, 0.1) is 6.26 Å². The number of hydrogen-bond acceptors (Lipinski definition) is 3. The lowest BCUT2D eigenvalue weighted by Gasteiger charge is -2.22. The number of rotatable bonds is 6. The van der Waals surface area contributed by atoms with Gasteiger partial charge in [0.1, 0.15) is 0 Å². The van der Waals surface area contributed by atoms with Gasteiger partial charge in [-0.3, -0.25) is 9.59 Å². The maximum Gasteiger partial charge on any atom is 0.412 e. The Morgan fingerprint density at radius 1 is 1.08 bits per heavy atom. The fourth-order valence-electron chi connectivity index (χ4n) is 2.02. The SMILES string of the molecule is O=C(CCNC(=O)c1ccco1)N[C@@H](c1ccccc1)C(F)(F)F. The van der Waals surface area contributed by atoms with Gasteiger partial charge in [-0.1, -0.05) is 30.3 Å². The lowest BCUT2D eigenvalue weighted by Crippen LogP contribution is -2.39. The molecule has 0 spiro atoms. The Morgan fingerprint density at radius 2 is 1.79 bits per heavy atom. The summed E-state index contributed by atoms with van der Waals surface area (Å²) in [6, 6.07) is 7.96. The summed E-state index contributed by atoms with van der Waals surface area (Å²) >= 11 is 0. The highest BCUT2D eigenvalue weighted by Gasteiger charge is 2.41. The quantitative estimate of drug-likeness (QED) is 0.849. The highest BCUT2D eigenvalue weighted by molar-refractivity contribution is 5.91. The second kappa shape index (κ2) is 7.67. The molecule has 2 amide bonds. The van der Waals surface area contributed by atoms with Crippen LogP contribution in [-0.4, -0.2) is 24.5 Å². The summed E-state index contributed by atoms with van der Waals surface area (Å²) in [5.41, 5.74) is -0.0574. The summed E-state index contributed by atoms with van der Waals surface area (Å²) in [6.45, 7) is -0.106. The van der Waals surface area contributed by atoms with Crippen molar-refractivity contribution in [3.8, 4) is 0 Å². The van der Waals surface area contributed by atoms with Crippen LogP contribution in [0.1, 0.15) is 28.6 Å². The van der Waals surface area contributed by atoms with Crippen molar-refractivity contribution in [3.63, 3.8) is 0 Å². The summed E-state index contributed by atoms with van der Waals surface area (Å²) in [4.78, 5) is 23.3. The molecule has 0 bridgehead atoms. The van der Waals surface area contributed by atoms with Gasteiger partial charge < -0.3 is 15.1 Å². The summed E-state index contributed by atoms with van der Waals surface area (Å²) in [6.07, 6.45) is -3.59. The van der Waals surface area contributed by atoms with E-state index in [9.17, 15) is 22.8 Å². The number of alkyl halides is 3. The third-order valence-electron chi connectivity index (χ3n) is 3.15. The zero-order chi connectivity index (χ0) is 17.6. The number of benzene rings is 1. The van der Waals surface area contributed by atoms with Crippen molar-refractivity contribution < 1.29 is 27.2 Å². The molecule has 1 aromatic carbocycles. The van der Waals surface area contributed by atoms with Crippen LogP contribution in [0, 0.1) is 0 Å². The van der Waals surface area contributed by atoms with Crippen molar-refractivity contribution in [3.05, 3.63) is 60.1 Å². The van der Waals surface area contributed by atoms with Crippen LogP contribution >= 0.6 is 0 Å². The van der Waals surface area contributed by atoms with Crippen LogP contribution in [0.15, 0.2) is 53.1 Å². The predicted molar refractivity (Wildman–Crippen MR) is 79.0 cm³/mol. The molecular weight excluding hydrogens is 325 g/mol. The van der Waals surface area contributed by atoms with Gasteiger partial charge in [-0.05, 0) is 17.7 Å². The Balaban J connectivity index is 1.88. The van der Waals surface area contributed by atoms with Gasteiger partial charge in [-0.25, -0.2) is 0 Å². The van der Waals surface area contributed by atoms with Crippen LogP contribution in [0.4, 0.5) is 13.2 Å². The Morgan fingerprint density at radius 3 is 2.38 bits per heavy atom. The number of furan rings is 1. The van der Waals surface area contributed by atoms with Crippen molar-refractivity contribution in [1.29, 1.82) is 0 Å². The molecule has 0 saturated carbocycles. The fourth-order valence-corrected chi connectivity index (χ4v) is 2.02. The molecule has 2 rings (SSSR count). The number of carbonyl (C=O) groups is 2. The fraction of sp³-hybridized carbons (Fsp3) is 0.250. The molecule has 128 valence electrons. The summed E-state index contributed by atoms with van der Waals surface area (Å²) < 4.78 is 44.2. The first-order chi connectivity index (χ1) is 11.4. The zero-order valence-corrected chi connectivity index (χ0v) is 12.5. The normalized spacial score (nSPS) is 12.5. The van der Waals surface area contributed by atoms with Crippen LogP contribution < -0.4 is 10.6 Å². The van der Waals surface area contributed by atoms with E-state index in [4.69, 9.17) is 4.42 Å². The van der Waals surface area contributed by atoms with E-state index in [-0.39, 0.29) is 24.3 Å². The molecule has 1 aromatic heterocycles. The van der Waals surface area contributed by atoms with E-state index < -0.39 is 24.0 Å². The molecule has 1 heterocycles. The third-order valence-corrected chi connectivity index (χ3v) is 3.15. The second-order valence-corrected chi connectivity index (χ2v) is 4.94. The number of hydrogen-bond donors (Lipinski definition) is 2. The standard InChI is InChI=1S/C16H15F3N2O3/c17-16(18,19)14(11-5-2-1-3-6-11)21-13(22)8-9-20-15(23)12-7-4-10-24-12/h1-7,10,14H,8-9H2,(H,20,23)(H,21,22)/t14-/m0/s1. The van der Waals surface area contributed by atoms with Crippen LogP contribution in [0.2, 0.25) is 0 Å². The van der Waals surface area contributed by atoms with Crippen molar-refractivity contribution >= 4 is 11.8 Å². The van der Waals surface area contributed by atoms with E-state index in [1.807, 2.05) is 5.32 Å². The van der Waals surface area contributed by atoms with Gasteiger partial charge in [-0.2, -0.15) is 13.2 Å². The minimum atomic E-state index is -4.62. The maximum atomic E-state index is 13.1. The minimum Gasteiger partial charge on any atom is -0.459 e. The first kappa shape index (κ1) is 17.6. The van der Waals surface area contributed by atoms with Crippen LogP contribution in [0.3, 0.4) is 0 Å². The van der Waals surface area contributed by atoms with Gasteiger partial charge in [0.2, 0.25) is 5.91 Å². The Labute approximate surface area is 135 Å². The summed E-state index contributed by atoms with van der Waals surface area (Å²) in [5.74, 6) is -1.29. The van der Waals surface area contributed by atoms with Crippen molar-refractivity contribution in [2.45, 2.75) is 18.6 Å². The average molecular weight is 340 g/mol. The molecule has 0 aliphatic heterocycles. The van der Waals surface area contributed by atoms with Gasteiger partial charge in [0, 0.05) is 13.0 Å². The van der Waals surface area contributed by atoms with Crippen LogP contribution in [0.25, 0.3) is 0 Å². The van der Waals surface area contributed by atoms with E-state index in [0.29, 0.717) is 0 Å². The monoisotopic (exact) mass is 340 g/mol. The molecular formula is C16H15F3N2O3. The molecule has 8 heteroatoms. The smallest absolute Gasteiger partial charge is 0.412 e. The van der Waals surface area contributed by atoms with E-state index in [1.165, 1.54) is 42.7 Å². The maximum absolute atomic E-state index is 13.1. The molecule has 0 aliphatic carbocycles. The lowest BCUT2D eigenvalue weighted by molar-refractivity contribution is -0.163. The highest BCUT2D eigenvalue weighted by atomic mass is 19.4. The van der Waals surface area contributed by atoms with Crippen LogP contribution in [-0.2, 0) is 4.79 Å². The summed E-state index contributed by atoms with van der Waals surface area (Å²) in [7, 11) is 0. The number of amides is 2. The van der Waals surface area contributed by atoms with Gasteiger partial charge in [0.15, 0.2) is 11.8 Å². The summed E-state index contributed by atoms with van der Waals surface area (Å²) in [5, 5.41) is 4.34. The number of halogens is 3. The minimum absolute atomic E-state index is 0.0574. The number of nitrogens with one attached hydrogen (secondary N) is 2. The molecule has 24 heavy (non-hydrogen) atoms. The molecule has 0 aliphatic rings. The first-order valence-electron chi connectivity index (χ1n) is 7.10. The molecule has 2 aromatic rings. The Bertz CT molecular complexity index is 670. The molecule has 0 radical (unpaired) electrons. The molecule has 0 fully saturated rings. The molecule has 1 atom stereocenters. The third kappa shape index (κ3) is 4.87. The first-order valence-corrected chi connectivity index (χ1v) is 7.10. The topological polar surface area (TPSA) is 71.3 Å². The lowest BCUT2D eigenvalue weighted by atomic mass is 10.1. The van der Waals surface area contributed by atoms with Crippen molar-refractivity contribution in [2.24, 2.45) is 0 Å². The zero-order valence-electron chi connectivity index (χ0n) is 12.5. The van der Waals surface area contributed by atoms with E-state index in [1.54, 1.807) is 6.07 Å². The van der Waals surface area contributed by atoms with Crippen molar-refractivity contribution in [1.82, 2.24) is 10.6 Å². The largest absolute Gasteiger partial charge is 0.459 e. The second-order valence-electron chi connectivity index (χ2n) is 4.94. The molecule has 0 saturated heterocycles. The molecule has 2 N–H and O–H groups in total. The Kier molecular flexibility index (Phi) is 5.62. The van der Waals surface area contributed by atoms with E-state index >= 15 is 0 Å². The molecule has 0 unspecified atom stereocenters.